The second kappa shape index (κ2) is 22.4. The van der Waals surface area contributed by atoms with Gasteiger partial charge in [-0.1, -0.05) is 77.2 Å². The van der Waals surface area contributed by atoms with E-state index in [-0.39, 0.29) is 6.42 Å². The number of aliphatic hydroxyl groups is 3. The molecule has 0 aromatic heterocycles. The fourth-order valence-corrected chi connectivity index (χ4v) is 2.82. The summed E-state index contributed by atoms with van der Waals surface area (Å²) in [5.74, 6) is -2.46. The molecule has 0 aromatic rings. The molecule has 32 heavy (non-hydrogen) atoms. The highest BCUT2D eigenvalue weighted by Crippen LogP contribution is 2.12. The fraction of sp³-hybridized carbons (Fsp3) is 0.783. The smallest absolute Gasteiger partial charge is 0.321 e. The number of carboxylic acids is 1. The Bertz CT molecular complexity index is 526. The number of aliphatic hydroxyl groups excluding tert-OH is 3. The van der Waals surface area contributed by atoms with Gasteiger partial charge in [-0.15, -0.1) is 0 Å². The number of hydrogen-bond acceptors (Lipinski definition) is 7. The van der Waals surface area contributed by atoms with E-state index in [9.17, 15) is 19.5 Å². The summed E-state index contributed by atoms with van der Waals surface area (Å²) >= 11 is 0. The summed E-state index contributed by atoms with van der Waals surface area (Å²) in [4.78, 5) is 31.3. The zero-order valence-corrected chi connectivity index (χ0v) is 19.5. The van der Waals surface area contributed by atoms with Crippen LogP contribution in [0.2, 0.25) is 0 Å². The van der Waals surface area contributed by atoms with E-state index in [0.29, 0.717) is 0 Å². The summed E-state index contributed by atoms with van der Waals surface area (Å²) < 4.78 is 0. The Kier molecular flexibility index (Phi) is 22.6. The number of ketones is 1. The molecule has 0 saturated carbocycles. The predicted molar refractivity (Wildman–Crippen MR) is 124 cm³/mol. The highest BCUT2D eigenvalue weighted by molar-refractivity contribution is 5.93. The van der Waals surface area contributed by atoms with Crippen LogP contribution >= 0.6 is 0 Å². The number of primary amides is 1. The van der Waals surface area contributed by atoms with Gasteiger partial charge in [-0.05, 0) is 18.9 Å². The molecule has 0 rings (SSSR count). The summed E-state index contributed by atoms with van der Waals surface area (Å²) in [5.41, 5.74) is 9.57. The highest BCUT2D eigenvalue weighted by Gasteiger charge is 2.20. The van der Waals surface area contributed by atoms with E-state index in [0.717, 1.165) is 19.3 Å². The summed E-state index contributed by atoms with van der Waals surface area (Å²) in [6.07, 6.45) is 14.8. The molecule has 0 aliphatic rings. The molecule has 0 bridgehead atoms. The Morgan fingerprint density at radius 1 is 0.875 bits per heavy atom. The largest absolute Gasteiger partial charge is 0.480 e. The van der Waals surface area contributed by atoms with E-state index in [4.69, 9.17) is 21.1 Å². The van der Waals surface area contributed by atoms with Crippen LogP contribution in [0.25, 0.3) is 0 Å². The van der Waals surface area contributed by atoms with Crippen molar-refractivity contribution in [3.63, 3.8) is 0 Å². The second-order valence-electron chi connectivity index (χ2n) is 7.94. The summed E-state index contributed by atoms with van der Waals surface area (Å²) in [6.45, 7) is 1.63. The summed E-state index contributed by atoms with van der Waals surface area (Å²) in [7, 11) is 0. The number of hydrogen-bond donors (Lipinski definition) is 6. The van der Waals surface area contributed by atoms with Gasteiger partial charge in [0.05, 0.1) is 13.0 Å². The molecule has 188 valence electrons. The van der Waals surface area contributed by atoms with Crippen LogP contribution in [0, 0.1) is 0 Å². The monoisotopic (exact) mass is 460 g/mol. The van der Waals surface area contributed by atoms with Gasteiger partial charge in [0.15, 0.2) is 5.78 Å². The van der Waals surface area contributed by atoms with Crippen molar-refractivity contribution in [2.75, 3.05) is 6.61 Å². The van der Waals surface area contributed by atoms with E-state index in [1.165, 1.54) is 63.9 Å². The topological polar surface area (TPSA) is 184 Å². The summed E-state index contributed by atoms with van der Waals surface area (Å²) in [6, 6.07) is -1.16. The molecular formula is C23H44N2O7. The zero-order chi connectivity index (χ0) is 24.8. The van der Waals surface area contributed by atoms with Crippen molar-refractivity contribution in [2.45, 2.75) is 109 Å². The number of carboxylic acid groups (broad SMARTS) is 1. The minimum absolute atomic E-state index is 0.310. The van der Waals surface area contributed by atoms with Gasteiger partial charge in [-0.3, -0.25) is 14.4 Å². The van der Waals surface area contributed by atoms with Crippen molar-refractivity contribution in [3.8, 4) is 0 Å². The maximum atomic E-state index is 11.4. The number of rotatable bonds is 19. The van der Waals surface area contributed by atoms with Gasteiger partial charge < -0.3 is 31.9 Å². The average Bonchev–Trinajstić information content (AvgIpc) is 2.75. The Morgan fingerprint density at radius 2 is 1.34 bits per heavy atom. The Labute approximate surface area is 191 Å². The van der Waals surface area contributed by atoms with Gasteiger partial charge in [-0.2, -0.15) is 0 Å². The number of allylic oxidation sites excluding steroid dienone is 1. The van der Waals surface area contributed by atoms with Gasteiger partial charge in [0.2, 0.25) is 5.91 Å². The lowest BCUT2D eigenvalue weighted by atomic mass is 10.0. The number of carbonyl (C=O) groups excluding carboxylic acids is 2. The van der Waals surface area contributed by atoms with Crippen LogP contribution in [0.1, 0.15) is 90.4 Å². The van der Waals surface area contributed by atoms with Crippen LogP contribution in [-0.2, 0) is 14.4 Å². The molecule has 9 heteroatoms. The molecule has 0 spiro atoms. The van der Waals surface area contributed by atoms with E-state index in [2.05, 4.69) is 12.7 Å². The third-order valence-electron chi connectivity index (χ3n) is 4.84. The predicted octanol–water partition coefficient (Wildman–Crippen LogP) is 1.80. The zero-order valence-electron chi connectivity index (χ0n) is 19.5. The lowest BCUT2D eigenvalue weighted by molar-refractivity contribution is -0.140. The third kappa shape index (κ3) is 21.4. The first-order valence-corrected chi connectivity index (χ1v) is 11.6. The average molecular weight is 461 g/mol. The number of unbranched alkanes of at least 4 members (excludes halogenated alkanes) is 11. The van der Waals surface area contributed by atoms with Gasteiger partial charge in [0, 0.05) is 0 Å². The molecule has 0 aliphatic heterocycles. The van der Waals surface area contributed by atoms with Crippen molar-refractivity contribution in [1.29, 1.82) is 0 Å². The van der Waals surface area contributed by atoms with E-state index < -0.39 is 42.5 Å². The molecule has 0 aliphatic carbocycles. The van der Waals surface area contributed by atoms with Gasteiger partial charge >= 0.3 is 5.97 Å². The minimum atomic E-state index is -1.52. The molecule has 9 nitrogen and oxygen atoms in total. The maximum absolute atomic E-state index is 11.4. The number of carbonyl (C=O) groups is 3. The quantitative estimate of drug-likeness (QED) is 0.124. The third-order valence-corrected chi connectivity index (χ3v) is 4.84. The number of aliphatic carboxylic acids is 1. The van der Waals surface area contributed by atoms with Crippen molar-refractivity contribution in [3.05, 3.63) is 12.2 Å². The lowest BCUT2D eigenvalue weighted by Gasteiger charge is -2.11. The standard InChI is InChI=1S/C19H36O4.C4H8N2O3/c1-2-3-4-5-6-7-8-9-10-11-12-13-14-15-17(21)19(23)18(22)16-20;5-2(4(8)9)1-3(6)7/h14-15,18-20,22-23H,2-13,16H2,1H3;2H,1,5H2,(H2,6,7)(H,8,9)/t;2-/m.0/s1. The SMILES string of the molecule is CCCCCCCCCCCCCC=CC(=O)C(O)C(O)CO.NC(=O)C[C@H](N)C(=O)O. The van der Waals surface area contributed by atoms with Gasteiger partial charge in [-0.25, -0.2) is 0 Å². The molecule has 1 amide bonds. The summed E-state index contributed by atoms with van der Waals surface area (Å²) in [5, 5.41) is 35.3. The maximum Gasteiger partial charge on any atom is 0.321 e. The second-order valence-corrected chi connectivity index (χ2v) is 7.94. The molecule has 0 aromatic carbocycles. The Morgan fingerprint density at radius 3 is 1.72 bits per heavy atom. The minimum Gasteiger partial charge on any atom is -0.480 e. The first kappa shape index (κ1) is 32.4. The fourth-order valence-electron chi connectivity index (χ4n) is 2.82. The van der Waals surface area contributed by atoms with Crippen LogP contribution in [0.5, 0.6) is 0 Å². The molecule has 3 atom stereocenters. The van der Waals surface area contributed by atoms with Crippen LogP contribution in [0.3, 0.4) is 0 Å². The van der Waals surface area contributed by atoms with Gasteiger partial charge in [0.25, 0.3) is 0 Å². The molecule has 0 saturated heterocycles. The Balaban J connectivity index is 0. The molecule has 8 N–H and O–H groups in total. The van der Waals surface area contributed by atoms with Crippen molar-refractivity contribution in [2.24, 2.45) is 11.5 Å². The molecule has 2 unspecified atom stereocenters. The van der Waals surface area contributed by atoms with Crippen LogP contribution in [-0.4, -0.2) is 62.9 Å². The normalized spacial score (nSPS) is 13.8. The van der Waals surface area contributed by atoms with Crippen LogP contribution < -0.4 is 11.5 Å². The highest BCUT2D eigenvalue weighted by atomic mass is 16.4. The molecular weight excluding hydrogens is 416 g/mol. The van der Waals surface area contributed by atoms with Gasteiger partial charge in [0.1, 0.15) is 18.2 Å². The number of amides is 1. The molecule has 0 heterocycles. The van der Waals surface area contributed by atoms with Crippen molar-refractivity contribution >= 4 is 17.7 Å². The molecule has 0 radical (unpaired) electrons. The van der Waals surface area contributed by atoms with Crippen molar-refractivity contribution in [1.82, 2.24) is 0 Å². The van der Waals surface area contributed by atoms with E-state index in [1.807, 2.05) is 0 Å². The number of nitrogens with two attached hydrogens (primary N) is 2. The van der Waals surface area contributed by atoms with Crippen LogP contribution in [0.15, 0.2) is 12.2 Å². The van der Waals surface area contributed by atoms with E-state index in [1.54, 1.807) is 6.08 Å². The lowest BCUT2D eigenvalue weighted by Crippen LogP contribution is -2.35. The first-order chi connectivity index (χ1) is 15.2. The molecule has 0 fully saturated rings. The first-order valence-electron chi connectivity index (χ1n) is 11.6. The van der Waals surface area contributed by atoms with Crippen molar-refractivity contribution < 1.29 is 34.8 Å². The van der Waals surface area contributed by atoms with Crippen LogP contribution in [0.4, 0.5) is 0 Å². The van der Waals surface area contributed by atoms with E-state index >= 15 is 0 Å². The Hall–Kier alpha value is -1.81.